The Kier molecular flexibility index (Phi) is 3.96. The molecule has 0 unspecified atom stereocenters. The summed E-state index contributed by atoms with van der Waals surface area (Å²) in [7, 11) is 0. The molecule has 1 aromatic carbocycles. The highest BCUT2D eigenvalue weighted by Gasteiger charge is 2.21. The van der Waals surface area contributed by atoms with Crippen LogP contribution < -0.4 is 16.8 Å². The first-order valence-corrected chi connectivity index (χ1v) is 4.87. The molecule has 5 N–H and O–H groups in total. The van der Waals surface area contributed by atoms with Gasteiger partial charge in [-0.2, -0.15) is 0 Å². The number of primary amides is 1. The molecule has 16 heavy (non-hydrogen) atoms. The van der Waals surface area contributed by atoms with E-state index in [0.29, 0.717) is 5.56 Å². The highest BCUT2D eigenvalue weighted by molar-refractivity contribution is 7.80. The number of hydrogen-bond acceptors (Lipinski definition) is 3. The van der Waals surface area contributed by atoms with E-state index in [1.165, 1.54) is 0 Å². The van der Waals surface area contributed by atoms with Crippen LogP contribution >= 0.6 is 12.2 Å². The van der Waals surface area contributed by atoms with Crippen LogP contribution in [-0.4, -0.2) is 22.8 Å². The molecule has 0 bridgehead atoms. The molecule has 1 atom stereocenters. The minimum atomic E-state index is -1.12. The van der Waals surface area contributed by atoms with E-state index in [0.717, 1.165) is 0 Å². The van der Waals surface area contributed by atoms with Gasteiger partial charge in [-0.3, -0.25) is 9.59 Å². The molecule has 2 amide bonds. The largest absolute Gasteiger partial charge is 0.391 e. The van der Waals surface area contributed by atoms with Gasteiger partial charge in [0.05, 0.1) is 0 Å². The van der Waals surface area contributed by atoms with Crippen molar-refractivity contribution in [2.24, 2.45) is 11.5 Å². The third kappa shape index (κ3) is 3.03. The van der Waals surface area contributed by atoms with E-state index < -0.39 is 17.9 Å². The lowest BCUT2D eigenvalue weighted by molar-refractivity contribution is -0.118. The predicted molar refractivity (Wildman–Crippen MR) is 63.7 cm³/mol. The highest BCUT2D eigenvalue weighted by atomic mass is 32.1. The van der Waals surface area contributed by atoms with Crippen molar-refractivity contribution in [1.29, 1.82) is 0 Å². The monoisotopic (exact) mass is 237 g/mol. The van der Waals surface area contributed by atoms with Gasteiger partial charge >= 0.3 is 0 Å². The Morgan fingerprint density at radius 2 is 1.75 bits per heavy atom. The number of nitrogens with two attached hydrogens (primary N) is 2. The lowest BCUT2D eigenvalue weighted by atomic mass is 10.2. The molecule has 0 aliphatic carbocycles. The number of hydrogen-bond donors (Lipinski definition) is 3. The summed E-state index contributed by atoms with van der Waals surface area (Å²) in [5, 5.41) is 2.35. The maximum atomic E-state index is 11.6. The molecular formula is C10H11N3O2S. The van der Waals surface area contributed by atoms with Gasteiger partial charge in [-0.25, -0.2) is 0 Å². The van der Waals surface area contributed by atoms with Gasteiger partial charge in [0, 0.05) is 5.56 Å². The number of rotatable bonds is 4. The van der Waals surface area contributed by atoms with Crippen LogP contribution in [0.4, 0.5) is 0 Å². The Hall–Kier alpha value is -1.95. The van der Waals surface area contributed by atoms with Gasteiger partial charge < -0.3 is 16.8 Å². The second-order valence-corrected chi connectivity index (χ2v) is 3.55. The molecule has 0 aliphatic heterocycles. The first-order valence-electron chi connectivity index (χ1n) is 4.47. The van der Waals surface area contributed by atoms with E-state index >= 15 is 0 Å². The van der Waals surface area contributed by atoms with Gasteiger partial charge in [0.15, 0.2) is 6.04 Å². The summed E-state index contributed by atoms with van der Waals surface area (Å²) in [4.78, 5) is 22.4. The topological polar surface area (TPSA) is 98.2 Å². The molecule has 0 aliphatic rings. The summed E-state index contributed by atoms with van der Waals surface area (Å²) in [5.41, 5.74) is 10.7. The van der Waals surface area contributed by atoms with Gasteiger partial charge in [-0.1, -0.05) is 30.4 Å². The van der Waals surface area contributed by atoms with Crippen LogP contribution in [0.25, 0.3) is 0 Å². The first-order chi connectivity index (χ1) is 7.52. The maximum Gasteiger partial charge on any atom is 0.252 e. The Bertz CT molecular complexity index is 405. The number of amides is 2. The van der Waals surface area contributed by atoms with Gasteiger partial charge in [0.25, 0.3) is 5.91 Å². The smallest absolute Gasteiger partial charge is 0.252 e. The van der Waals surface area contributed by atoms with Gasteiger partial charge in [-0.15, -0.1) is 0 Å². The normalized spacial score (nSPS) is 11.5. The van der Waals surface area contributed by atoms with Crippen LogP contribution in [0.2, 0.25) is 0 Å². The summed E-state index contributed by atoms with van der Waals surface area (Å²) in [6, 6.07) is 7.27. The molecule has 0 radical (unpaired) electrons. The molecule has 0 fully saturated rings. The van der Waals surface area contributed by atoms with E-state index in [4.69, 9.17) is 11.5 Å². The Labute approximate surface area is 97.8 Å². The first kappa shape index (κ1) is 12.1. The van der Waals surface area contributed by atoms with Crippen LogP contribution in [0, 0.1) is 0 Å². The van der Waals surface area contributed by atoms with Crippen LogP contribution in [0.5, 0.6) is 0 Å². The fraction of sp³-hybridized carbons (Fsp3) is 0.100. The molecule has 0 saturated carbocycles. The SMILES string of the molecule is NC(=O)[C@H](NC(=O)c1ccccc1)C(N)=S. The number of carbonyl (C=O) groups is 2. The van der Waals surface area contributed by atoms with Crippen molar-refractivity contribution >= 4 is 29.0 Å². The number of benzene rings is 1. The van der Waals surface area contributed by atoms with Crippen LogP contribution in [0.3, 0.4) is 0 Å². The summed E-state index contributed by atoms with van der Waals surface area (Å²) in [6.45, 7) is 0. The fourth-order valence-electron chi connectivity index (χ4n) is 1.09. The minimum absolute atomic E-state index is 0.156. The van der Waals surface area contributed by atoms with E-state index in [1.54, 1.807) is 30.3 Å². The summed E-state index contributed by atoms with van der Waals surface area (Å²) in [5.74, 6) is -1.23. The zero-order chi connectivity index (χ0) is 12.1. The molecular weight excluding hydrogens is 226 g/mol. The van der Waals surface area contributed by atoms with Crippen molar-refractivity contribution in [3.63, 3.8) is 0 Å². The molecule has 1 rings (SSSR count). The zero-order valence-electron chi connectivity index (χ0n) is 8.34. The molecule has 0 spiro atoms. The molecule has 6 heteroatoms. The third-order valence-electron chi connectivity index (χ3n) is 1.88. The second kappa shape index (κ2) is 5.22. The third-order valence-corrected chi connectivity index (χ3v) is 2.12. The molecule has 5 nitrogen and oxygen atoms in total. The maximum absolute atomic E-state index is 11.6. The molecule has 1 aromatic rings. The number of thiocarbonyl (C=S) groups is 1. The van der Waals surface area contributed by atoms with Gasteiger partial charge in [0.2, 0.25) is 5.91 Å². The Balaban J connectivity index is 2.77. The van der Waals surface area contributed by atoms with Gasteiger partial charge in [-0.05, 0) is 12.1 Å². The van der Waals surface area contributed by atoms with Crippen LogP contribution in [0.15, 0.2) is 30.3 Å². The average molecular weight is 237 g/mol. The van der Waals surface area contributed by atoms with Crippen molar-refractivity contribution in [3.8, 4) is 0 Å². The van der Waals surface area contributed by atoms with E-state index in [9.17, 15) is 9.59 Å². The van der Waals surface area contributed by atoms with E-state index in [2.05, 4.69) is 17.5 Å². The van der Waals surface area contributed by atoms with Crippen molar-refractivity contribution < 1.29 is 9.59 Å². The van der Waals surface area contributed by atoms with Crippen molar-refractivity contribution in [2.75, 3.05) is 0 Å². The standard InChI is InChI=1S/C10H11N3O2S/c11-8(14)7(9(12)16)13-10(15)6-4-2-1-3-5-6/h1-5,7H,(H2,11,14)(H2,12,16)(H,13,15)/t7-/m0/s1. The zero-order valence-corrected chi connectivity index (χ0v) is 9.16. The second-order valence-electron chi connectivity index (χ2n) is 3.08. The van der Waals surface area contributed by atoms with Crippen molar-refractivity contribution in [1.82, 2.24) is 5.32 Å². The van der Waals surface area contributed by atoms with Crippen molar-refractivity contribution in [2.45, 2.75) is 6.04 Å². The molecule has 84 valence electrons. The van der Waals surface area contributed by atoms with Crippen molar-refractivity contribution in [3.05, 3.63) is 35.9 Å². The average Bonchev–Trinajstić information content (AvgIpc) is 2.25. The molecule has 0 aromatic heterocycles. The highest BCUT2D eigenvalue weighted by Crippen LogP contribution is 1.98. The Morgan fingerprint density at radius 3 is 2.19 bits per heavy atom. The quantitative estimate of drug-likeness (QED) is 0.618. The summed E-state index contributed by atoms with van der Waals surface area (Å²) in [6.07, 6.45) is 0. The fourth-order valence-corrected chi connectivity index (χ4v) is 1.26. The lowest BCUT2D eigenvalue weighted by Crippen LogP contribution is -2.51. The minimum Gasteiger partial charge on any atom is -0.391 e. The predicted octanol–water partition coefficient (Wildman–Crippen LogP) is -0.444. The van der Waals surface area contributed by atoms with E-state index in [-0.39, 0.29) is 4.99 Å². The van der Waals surface area contributed by atoms with E-state index in [1.807, 2.05) is 0 Å². The number of nitrogens with one attached hydrogen (secondary N) is 1. The number of carbonyl (C=O) groups excluding carboxylic acids is 2. The Morgan fingerprint density at radius 1 is 1.19 bits per heavy atom. The van der Waals surface area contributed by atoms with Crippen LogP contribution in [0.1, 0.15) is 10.4 Å². The summed E-state index contributed by atoms with van der Waals surface area (Å²) < 4.78 is 0. The lowest BCUT2D eigenvalue weighted by Gasteiger charge is -2.13. The molecule has 0 heterocycles. The molecule has 0 saturated heterocycles. The van der Waals surface area contributed by atoms with Gasteiger partial charge in [0.1, 0.15) is 4.99 Å². The summed E-state index contributed by atoms with van der Waals surface area (Å²) >= 11 is 4.62. The van der Waals surface area contributed by atoms with Crippen LogP contribution in [-0.2, 0) is 4.79 Å².